The van der Waals surface area contributed by atoms with Crippen LogP contribution < -0.4 is 5.32 Å². The van der Waals surface area contributed by atoms with E-state index in [1.807, 2.05) is 0 Å². The van der Waals surface area contributed by atoms with Crippen LogP contribution in [0, 0.1) is 0 Å². The smallest absolute Gasteiger partial charge is 0.172 e. The Morgan fingerprint density at radius 2 is 2.54 bits per heavy atom. The molecule has 5 heteroatoms. The van der Waals surface area contributed by atoms with E-state index < -0.39 is 6.17 Å². The number of hydrogen-bond acceptors (Lipinski definition) is 5. The predicted octanol–water partition coefficient (Wildman–Crippen LogP) is -0.756. The van der Waals surface area contributed by atoms with E-state index in [4.69, 9.17) is 9.84 Å². The number of methoxy groups -OCH3 is 1. The summed E-state index contributed by atoms with van der Waals surface area (Å²) in [5.41, 5.74) is 0.669. The molecule has 0 saturated heterocycles. The molecule has 0 aromatic heterocycles. The molecule has 13 heavy (non-hydrogen) atoms. The molecule has 1 heterocycles. The fourth-order valence-corrected chi connectivity index (χ4v) is 1.28. The highest BCUT2D eigenvalue weighted by atomic mass is 16.5. The molecule has 0 aromatic carbocycles. The van der Waals surface area contributed by atoms with Gasteiger partial charge in [0.05, 0.1) is 12.3 Å². The topological polar surface area (TPSA) is 61.8 Å². The Labute approximate surface area is 77.0 Å². The summed E-state index contributed by atoms with van der Waals surface area (Å²) in [5, 5.41) is 11.8. The number of ether oxygens (including phenoxy) is 1. The molecule has 1 unspecified atom stereocenters. The standard InChI is InChI=1S/C8H14N2O3/c1-6(12)8-9-3-7(4-11)10(8)5-13-2/h3,8-9,11H,4-5H2,1-2H3. The second-order valence-electron chi connectivity index (χ2n) is 2.86. The van der Waals surface area contributed by atoms with Crippen LogP contribution in [0.3, 0.4) is 0 Å². The van der Waals surface area contributed by atoms with Gasteiger partial charge in [0.1, 0.15) is 6.73 Å². The van der Waals surface area contributed by atoms with Gasteiger partial charge in [0.15, 0.2) is 11.9 Å². The number of hydrogen-bond donors (Lipinski definition) is 2. The zero-order valence-electron chi connectivity index (χ0n) is 7.78. The highest BCUT2D eigenvalue weighted by Gasteiger charge is 2.28. The van der Waals surface area contributed by atoms with Crippen LogP contribution in [-0.4, -0.2) is 42.4 Å². The number of carbonyl (C=O) groups excluding carboxylic acids is 1. The third kappa shape index (κ3) is 1.99. The van der Waals surface area contributed by atoms with Crippen molar-refractivity contribution in [2.75, 3.05) is 20.4 Å². The zero-order chi connectivity index (χ0) is 9.84. The molecule has 1 atom stereocenters. The van der Waals surface area contributed by atoms with Gasteiger partial charge >= 0.3 is 0 Å². The summed E-state index contributed by atoms with van der Waals surface area (Å²) in [6.45, 7) is 1.69. The van der Waals surface area contributed by atoms with Gasteiger partial charge in [-0.15, -0.1) is 0 Å². The van der Waals surface area contributed by atoms with Gasteiger partial charge in [-0.3, -0.25) is 4.79 Å². The molecule has 74 valence electrons. The van der Waals surface area contributed by atoms with E-state index in [1.54, 1.807) is 18.2 Å². The molecule has 0 saturated carbocycles. The summed E-state index contributed by atoms with van der Waals surface area (Å²) in [4.78, 5) is 12.8. The Balaban J connectivity index is 2.67. The van der Waals surface area contributed by atoms with Crippen LogP contribution in [0.5, 0.6) is 0 Å². The van der Waals surface area contributed by atoms with Crippen molar-refractivity contribution in [3.8, 4) is 0 Å². The number of rotatable bonds is 4. The first-order valence-corrected chi connectivity index (χ1v) is 4.02. The average molecular weight is 186 g/mol. The summed E-state index contributed by atoms with van der Waals surface area (Å²) < 4.78 is 4.92. The van der Waals surface area contributed by atoms with Gasteiger partial charge in [0.2, 0.25) is 0 Å². The highest BCUT2D eigenvalue weighted by Crippen LogP contribution is 2.13. The van der Waals surface area contributed by atoms with Crippen molar-refractivity contribution in [1.29, 1.82) is 0 Å². The number of carbonyl (C=O) groups is 1. The molecule has 2 N–H and O–H groups in total. The third-order valence-electron chi connectivity index (χ3n) is 1.90. The molecule has 5 nitrogen and oxygen atoms in total. The first-order valence-electron chi connectivity index (χ1n) is 4.02. The lowest BCUT2D eigenvalue weighted by Gasteiger charge is -2.25. The van der Waals surface area contributed by atoms with Crippen LogP contribution in [0.15, 0.2) is 11.9 Å². The summed E-state index contributed by atoms with van der Waals surface area (Å²) in [6, 6.07) is 0. The van der Waals surface area contributed by atoms with Crippen molar-refractivity contribution < 1.29 is 14.6 Å². The van der Waals surface area contributed by atoms with E-state index in [2.05, 4.69) is 5.32 Å². The lowest BCUT2D eigenvalue weighted by Crippen LogP contribution is -2.43. The molecule has 0 spiro atoms. The highest BCUT2D eigenvalue weighted by molar-refractivity contribution is 5.81. The molecule has 0 aromatic rings. The molecule has 0 fully saturated rings. The van der Waals surface area contributed by atoms with Crippen LogP contribution in [0.4, 0.5) is 0 Å². The molecule has 0 radical (unpaired) electrons. The van der Waals surface area contributed by atoms with Crippen LogP contribution in [0.1, 0.15) is 6.92 Å². The lowest BCUT2D eigenvalue weighted by molar-refractivity contribution is -0.123. The van der Waals surface area contributed by atoms with Crippen molar-refractivity contribution in [2.45, 2.75) is 13.1 Å². The predicted molar refractivity (Wildman–Crippen MR) is 46.5 cm³/mol. The molecular weight excluding hydrogens is 172 g/mol. The van der Waals surface area contributed by atoms with E-state index >= 15 is 0 Å². The maximum absolute atomic E-state index is 11.1. The van der Waals surface area contributed by atoms with Crippen LogP contribution in [0.25, 0.3) is 0 Å². The minimum atomic E-state index is -0.401. The zero-order valence-corrected chi connectivity index (χ0v) is 7.78. The summed E-state index contributed by atoms with van der Waals surface area (Å²) in [7, 11) is 1.55. The fourth-order valence-electron chi connectivity index (χ4n) is 1.28. The second kappa shape index (κ2) is 4.25. The van der Waals surface area contributed by atoms with E-state index in [-0.39, 0.29) is 12.4 Å². The van der Waals surface area contributed by atoms with E-state index in [9.17, 15) is 4.79 Å². The van der Waals surface area contributed by atoms with Gasteiger partial charge in [-0.1, -0.05) is 0 Å². The first kappa shape index (κ1) is 10.0. The van der Waals surface area contributed by atoms with Crippen LogP contribution >= 0.6 is 0 Å². The van der Waals surface area contributed by atoms with Gasteiger partial charge < -0.3 is 20.1 Å². The summed E-state index contributed by atoms with van der Waals surface area (Å²) in [5.74, 6) is -0.00301. The Bertz CT molecular complexity index is 227. The number of aliphatic hydroxyl groups excluding tert-OH is 1. The Morgan fingerprint density at radius 3 is 3.00 bits per heavy atom. The third-order valence-corrected chi connectivity index (χ3v) is 1.90. The van der Waals surface area contributed by atoms with E-state index in [1.165, 1.54) is 6.92 Å². The van der Waals surface area contributed by atoms with Gasteiger partial charge in [-0.2, -0.15) is 0 Å². The Hall–Kier alpha value is -1.07. The minimum Gasteiger partial charge on any atom is -0.390 e. The quantitative estimate of drug-likeness (QED) is 0.604. The number of ketones is 1. The van der Waals surface area contributed by atoms with Crippen LogP contribution in [-0.2, 0) is 9.53 Å². The molecule has 0 bridgehead atoms. The fraction of sp³-hybridized carbons (Fsp3) is 0.625. The number of Topliss-reactive ketones (excluding diaryl/α,β-unsaturated/α-hetero) is 1. The normalized spacial score (nSPS) is 21.3. The van der Waals surface area contributed by atoms with Gasteiger partial charge in [0.25, 0.3) is 0 Å². The van der Waals surface area contributed by atoms with Crippen molar-refractivity contribution in [3.63, 3.8) is 0 Å². The van der Waals surface area contributed by atoms with E-state index in [0.717, 1.165) is 0 Å². The van der Waals surface area contributed by atoms with Crippen molar-refractivity contribution in [2.24, 2.45) is 0 Å². The number of nitrogens with one attached hydrogen (secondary N) is 1. The number of aliphatic hydroxyl groups is 1. The van der Waals surface area contributed by atoms with Crippen molar-refractivity contribution >= 4 is 5.78 Å². The maximum atomic E-state index is 11.1. The molecule has 1 aliphatic rings. The SMILES string of the molecule is COCN1C(CO)=CNC1C(C)=O. The molecule has 0 amide bonds. The van der Waals surface area contributed by atoms with Crippen molar-refractivity contribution in [1.82, 2.24) is 10.2 Å². The largest absolute Gasteiger partial charge is 0.390 e. The maximum Gasteiger partial charge on any atom is 0.172 e. The molecule has 1 rings (SSSR count). The first-order chi connectivity index (χ1) is 6.20. The van der Waals surface area contributed by atoms with Crippen LogP contribution in [0.2, 0.25) is 0 Å². The monoisotopic (exact) mass is 186 g/mol. The summed E-state index contributed by atoms with van der Waals surface area (Å²) >= 11 is 0. The average Bonchev–Trinajstić information content (AvgIpc) is 2.48. The molecule has 0 aliphatic carbocycles. The molecular formula is C8H14N2O3. The second-order valence-corrected chi connectivity index (χ2v) is 2.86. The molecule has 1 aliphatic heterocycles. The number of nitrogens with zero attached hydrogens (tertiary/aromatic N) is 1. The minimum absolute atomic E-state index is 0.00301. The van der Waals surface area contributed by atoms with Gasteiger partial charge in [-0.25, -0.2) is 0 Å². The summed E-state index contributed by atoms with van der Waals surface area (Å²) in [6.07, 6.45) is 1.23. The lowest BCUT2D eigenvalue weighted by atomic mass is 10.3. The Morgan fingerprint density at radius 1 is 1.85 bits per heavy atom. The van der Waals surface area contributed by atoms with Crippen molar-refractivity contribution in [3.05, 3.63) is 11.9 Å². The Kier molecular flexibility index (Phi) is 3.27. The van der Waals surface area contributed by atoms with Gasteiger partial charge in [0, 0.05) is 13.3 Å². The van der Waals surface area contributed by atoms with E-state index in [0.29, 0.717) is 12.4 Å². The van der Waals surface area contributed by atoms with Gasteiger partial charge in [-0.05, 0) is 6.92 Å².